The number of hydrogen-bond donors (Lipinski definition) is 0. The summed E-state index contributed by atoms with van der Waals surface area (Å²) in [6, 6.07) is 33.9. The molecular formula is C29H23N2O+. The van der Waals surface area contributed by atoms with Crippen LogP contribution in [0.2, 0.25) is 0 Å². The molecule has 0 radical (unpaired) electrons. The van der Waals surface area contributed by atoms with Gasteiger partial charge < -0.3 is 9.32 Å². The fraction of sp³-hybridized carbons (Fsp3) is 0.0690. The first-order chi connectivity index (χ1) is 15.7. The summed E-state index contributed by atoms with van der Waals surface area (Å²) in [5.41, 5.74) is 10.3. The van der Waals surface area contributed by atoms with Crippen LogP contribution in [0, 0.1) is 0 Å². The molecular weight excluding hydrogens is 392 g/mol. The molecule has 1 aliphatic heterocycles. The van der Waals surface area contributed by atoms with Crippen LogP contribution in [0.5, 0.6) is 0 Å². The smallest absolute Gasteiger partial charge is 0.374 e. The second-order valence-electron chi connectivity index (χ2n) is 8.20. The fourth-order valence-corrected chi connectivity index (χ4v) is 4.64. The molecule has 0 N–H and O–H groups in total. The van der Waals surface area contributed by atoms with Crippen molar-refractivity contribution in [1.82, 2.24) is 0 Å². The summed E-state index contributed by atoms with van der Waals surface area (Å²) < 4.78 is 8.46. The van der Waals surface area contributed by atoms with Gasteiger partial charge in [-0.1, -0.05) is 72.8 Å². The average molecular weight is 416 g/mol. The molecule has 0 aliphatic carbocycles. The van der Waals surface area contributed by atoms with Gasteiger partial charge in [0.25, 0.3) is 5.52 Å². The van der Waals surface area contributed by atoms with Crippen LogP contribution in [0.4, 0.5) is 11.4 Å². The molecule has 1 aromatic heterocycles. The minimum atomic E-state index is 0.828. The van der Waals surface area contributed by atoms with E-state index in [9.17, 15) is 0 Å². The lowest BCUT2D eigenvalue weighted by Gasteiger charge is -2.31. The molecule has 4 aromatic carbocycles. The highest BCUT2D eigenvalue weighted by Gasteiger charge is 2.26. The molecule has 5 aromatic rings. The van der Waals surface area contributed by atoms with Gasteiger partial charge in [-0.15, -0.1) is 0 Å². The van der Waals surface area contributed by atoms with Crippen molar-refractivity contribution in [3.63, 3.8) is 0 Å². The highest BCUT2D eigenvalue weighted by molar-refractivity contribution is 6.02. The van der Waals surface area contributed by atoms with E-state index in [1.165, 1.54) is 39.2 Å². The molecule has 1 aliphatic rings. The zero-order chi connectivity index (χ0) is 21.7. The Morgan fingerprint density at radius 1 is 0.719 bits per heavy atom. The monoisotopic (exact) mass is 415 g/mol. The third-order valence-corrected chi connectivity index (χ3v) is 6.35. The van der Waals surface area contributed by atoms with Crippen molar-refractivity contribution < 1.29 is 8.98 Å². The molecule has 3 heteroatoms. The normalized spacial score (nSPS) is 12.6. The van der Waals surface area contributed by atoms with E-state index in [1.807, 2.05) is 6.07 Å². The highest BCUT2D eigenvalue weighted by atomic mass is 16.3. The first-order valence-corrected chi connectivity index (χ1v) is 10.8. The van der Waals surface area contributed by atoms with Gasteiger partial charge in [-0.25, -0.2) is 0 Å². The molecule has 0 fully saturated rings. The van der Waals surface area contributed by atoms with Gasteiger partial charge in [0.2, 0.25) is 5.58 Å². The summed E-state index contributed by atoms with van der Waals surface area (Å²) in [5.74, 6) is 0.828. The number of anilines is 2. The molecule has 0 atom stereocenters. The summed E-state index contributed by atoms with van der Waals surface area (Å²) in [7, 11) is 4.19. The van der Waals surface area contributed by atoms with Crippen LogP contribution in [0.3, 0.4) is 0 Å². The Labute approximate surface area is 187 Å². The minimum Gasteiger partial charge on any atom is -0.398 e. The zero-order valence-corrected chi connectivity index (χ0v) is 18.1. The van der Waals surface area contributed by atoms with Crippen LogP contribution < -0.4 is 9.47 Å². The summed E-state index contributed by atoms with van der Waals surface area (Å²) in [6.45, 7) is 0. The van der Waals surface area contributed by atoms with E-state index in [-0.39, 0.29) is 0 Å². The predicted molar refractivity (Wildman–Crippen MR) is 131 cm³/mol. The Bertz CT molecular complexity index is 1450. The Morgan fingerprint density at radius 2 is 1.34 bits per heavy atom. The molecule has 0 saturated carbocycles. The van der Waals surface area contributed by atoms with E-state index in [0.717, 1.165) is 17.0 Å². The van der Waals surface area contributed by atoms with E-state index in [4.69, 9.17) is 4.42 Å². The van der Waals surface area contributed by atoms with Crippen molar-refractivity contribution in [2.75, 3.05) is 11.9 Å². The molecule has 0 spiro atoms. The average Bonchev–Trinajstić information content (AvgIpc) is 3.17. The summed E-state index contributed by atoms with van der Waals surface area (Å²) in [5, 5.41) is 0. The van der Waals surface area contributed by atoms with Crippen LogP contribution in [0.1, 0.15) is 17.0 Å². The van der Waals surface area contributed by atoms with Crippen LogP contribution in [0.25, 0.3) is 33.9 Å². The van der Waals surface area contributed by atoms with Crippen LogP contribution in [-0.4, -0.2) is 7.05 Å². The topological polar surface area (TPSA) is 20.3 Å². The predicted octanol–water partition coefficient (Wildman–Crippen LogP) is 6.59. The maximum Gasteiger partial charge on any atom is 0.374 e. The third kappa shape index (κ3) is 2.86. The summed E-state index contributed by atoms with van der Waals surface area (Å²) >= 11 is 0. The number of aromatic nitrogens is 1. The number of fused-ring (bicyclic) bond motifs is 3. The highest BCUT2D eigenvalue weighted by Crippen LogP contribution is 2.44. The van der Waals surface area contributed by atoms with Crippen molar-refractivity contribution >= 4 is 34.1 Å². The maximum absolute atomic E-state index is 6.32. The molecule has 32 heavy (non-hydrogen) atoms. The molecule has 0 saturated heterocycles. The Morgan fingerprint density at radius 3 is 2.03 bits per heavy atom. The number of oxazole rings is 1. The van der Waals surface area contributed by atoms with Gasteiger partial charge in [0.05, 0.1) is 6.08 Å². The van der Waals surface area contributed by atoms with Gasteiger partial charge in [-0.05, 0) is 29.3 Å². The van der Waals surface area contributed by atoms with Crippen molar-refractivity contribution in [3.8, 4) is 11.1 Å². The molecule has 2 heterocycles. The quantitative estimate of drug-likeness (QED) is 0.303. The molecule has 0 unspecified atom stereocenters. The van der Waals surface area contributed by atoms with Crippen molar-refractivity contribution in [1.29, 1.82) is 0 Å². The van der Waals surface area contributed by atoms with Crippen LogP contribution >= 0.6 is 0 Å². The largest absolute Gasteiger partial charge is 0.398 e. The second kappa shape index (κ2) is 7.24. The zero-order valence-electron chi connectivity index (χ0n) is 18.1. The molecule has 0 bridgehead atoms. The lowest BCUT2D eigenvalue weighted by atomic mass is 9.90. The first-order valence-electron chi connectivity index (χ1n) is 10.8. The molecule has 154 valence electrons. The molecule has 3 nitrogen and oxygen atoms in total. The van der Waals surface area contributed by atoms with Crippen molar-refractivity contribution in [2.45, 2.75) is 0 Å². The van der Waals surface area contributed by atoms with Crippen LogP contribution in [-0.2, 0) is 7.05 Å². The van der Waals surface area contributed by atoms with Gasteiger partial charge in [-0.3, -0.25) is 0 Å². The SMILES string of the molecule is CN1c2ccccc2C(=Cc2oc3ccc(-c4ccccc4)cc3[n+]2C)c2ccccc21. The van der Waals surface area contributed by atoms with E-state index in [1.54, 1.807) is 0 Å². The van der Waals surface area contributed by atoms with Crippen molar-refractivity contribution in [2.24, 2.45) is 7.05 Å². The van der Waals surface area contributed by atoms with Crippen LogP contribution in [0.15, 0.2) is 101 Å². The molecule has 6 rings (SSSR count). The molecule has 0 amide bonds. The first kappa shape index (κ1) is 18.6. The summed E-state index contributed by atoms with van der Waals surface area (Å²) in [4.78, 5) is 2.26. The van der Waals surface area contributed by atoms with E-state index >= 15 is 0 Å². The number of rotatable bonds is 2. The third-order valence-electron chi connectivity index (χ3n) is 6.35. The van der Waals surface area contributed by atoms with E-state index < -0.39 is 0 Å². The van der Waals surface area contributed by atoms with E-state index in [2.05, 4.69) is 121 Å². The van der Waals surface area contributed by atoms with Gasteiger partial charge in [0.1, 0.15) is 7.05 Å². The lowest BCUT2D eigenvalue weighted by Crippen LogP contribution is -2.29. The van der Waals surface area contributed by atoms with Crippen molar-refractivity contribution in [3.05, 3.63) is 114 Å². The summed E-state index contributed by atoms with van der Waals surface area (Å²) in [6.07, 6.45) is 2.17. The number of nitrogens with zero attached hydrogens (tertiary/aromatic N) is 2. The Balaban J connectivity index is 1.54. The van der Waals surface area contributed by atoms with Gasteiger partial charge in [-0.2, -0.15) is 4.57 Å². The minimum absolute atomic E-state index is 0.828. The fourth-order valence-electron chi connectivity index (χ4n) is 4.64. The number of aryl methyl sites for hydroxylation is 1. The van der Waals surface area contributed by atoms with Gasteiger partial charge in [0, 0.05) is 41.2 Å². The van der Waals surface area contributed by atoms with Gasteiger partial charge in [0.15, 0.2) is 0 Å². The lowest BCUT2D eigenvalue weighted by molar-refractivity contribution is -0.651. The standard InChI is InChI=1S/C29H23N2O/c1-30-25-14-8-6-12-22(25)24(23-13-7-9-15-26(23)30)19-29-31(2)27-18-21(16-17-28(27)32-29)20-10-4-3-5-11-20/h3-19H,1-2H3/q+1. The van der Waals surface area contributed by atoms with Gasteiger partial charge >= 0.3 is 5.89 Å². The number of benzene rings is 4. The second-order valence-corrected chi connectivity index (χ2v) is 8.20. The number of hydrogen-bond acceptors (Lipinski definition) is 2. The number of para-hydroxylation sites is 2. The van der Waals surface area contributed by atoms with E-state index in [0.29, 0.717) is 0 Å². The maximum atomic E-state index is 6.32. The Hall–Kier alpha value is -4.11. The Kier molecular flexibility index (Phi) is 4.22.